The number of carbonyl (C=O) groups is 1. The smallest absolute Gasteiger partial charge is 0.256 e. The van der Waals surface area contributed by atoms with E-state index in [1.165, 1.54) is 0 Å². The molecule has 2 fully saturated rings. The molecule has 2 aromatic heterocycles. The molecule has 0 saturated carbocycles. The van der Waals surface area contributed by atoms with Gasteiger partial charge < -0.3 is 14.4 Å². The second-order valence-electron chi connectivity index (χ2n) is 7.10. The molecule has 2 aromatic rings. The minimum Gasteiger partial charge on any atom is -0.378 e. The molecule has 2 aliphatic heterocycles. The van der Waals surface area contributed by atoms with Crippen LogP contribution in [-0.2, 0) is 9.47 Å². The molecule has 7 heteroatoms. The molecule has 0 bridgehead atoms. The first-order chi connectivity index (χ1) is 13.2. The zero-order chi connectivity index (χ0) is 18.7. The van der Waals surface area contributed by atoms with Gasteiger partial charge in [0.15, 0.2) is 5.82 Å². The Morgan fingerprint density at radius 1 is 1.22 bits per heavy atom. The van der Waals surface area contributed by atoms with Crippen molar-refractivity contribution in [2.24, 2.45) is 0 Å². The molecule has 0 aromatic carbocycles. The van der Waals surface area contributed by atoms with E-state index < -0.39 is 0 Å². The van der Waals surface area contributed by atoms with Gasteiger partial charge in [0.25, 0.3) is 5.91 Å². The molecule has 1 amide bonds. The average Bonchev–Trinajstić information content (AvgIpc) is 2.75. The number of piperidine rings is 1. The van der Waals surface area contributed by atoms with Crippen molar-refractivity contribution in [2.75, 3.05) is 26.8 Å². The minimum absolute atomic E-state index is 0.0316. The Kier molecular flexibility index (Phi) is 5.13. The molecule has 0 radical (unpaired) electrons. The van der Waals surface area contributed by atoms with Crippen LogP contribution >= 0.6 is 0 Å². The molecule has 27 heavy (non-hydrogen) atoms. The van der Waals surface area contributed by atoms with Crippen molar-refractivity contribution in [3.8, 4) is 11.4 Å². The van der Waals surface area contributed by atoms with E-state index in [2.05, 4.69) is 15.0 Å². The molecule has 1 atom stereocenters. The highest BCUT2D eigenvalue weighted by Crippen LogP contribution is 2.37. The van der Waals surface area contributed by atoms with Crippen molar-refractivity contribution in [1.82, 2.24) is 19.9 Å². The highest BCUT2D eigenvalue weighted by molar-refractivity contribution is 5.93. The number of methoxy groups -OCH3 is 1. The van der Waals surface area contributed by atoms with Crippen LogP contribution in [0.1, 0.15) is 36.0 Å². The van der Waals surface area contributed by atoms with Gasteiger partial charge in [-0.25, -0.2) is 9.97 Å². The number of amides is 1. The van der Waals surface area contributed by atoms with Crippen molar-refractivity contribution >= 4 is 5.91 Å². The number of nitrogens with zero attached hydrogens (tertiary/aromatic N) is 4. The highest BCUT2D eigenvalue weighted by atomic mass is 16.5. The second-order valence-corrected chi connectivity index (χ2v) is 7.10. The van der Waals surface area contributed by atoms with Gasteiger partial charge >= 0.3 is 0 Å². The van der Waals surface area contributed by atoms with Crippen molar-refractivity contribution in [3.63, 3.8) is 0 Å². The Hall–Kier alpha value is -2.38. The zero-order valence-corrected chi connectivity index (χ0v) is 15.5. The first-order valence-corrected chi connectivity index (χ1v) is 9.40. The zero-order valence-electron chi connectivity index (χ0n) is 15.5. The van der Waals surface area contributed by atoms with Gasteiger partial charge in [-0.2, -0.15) is 0 Å². The fourth-order valence-corrected chi connectivity index (χ4v) is 4.06. The fraction of sp³-hybridized carbons (Fsp3) is 0.500. The lowest BCUT2D eigenvalue weighted by Gasteiger charge is -2.48. The maximum atomic E-state index is 12.8. The van der Waals surface area contributed by atoms with Crippen molar-refractivity contribution in [2.45, 2.75) is 37.4 Å². The van der Waals surface area contributed by atoms with Crippen LogP contribution in [0.4, 0.5) is 0 Å². The van der Waals surface area contributed by atoms with Crippen LogP contribution in [0.5, 0.6) is 0 Å². The van der Waals surface area contributed by atoms with Crippen LogP contribution in [0.2, 0.25) is 0 Å². The summed E-state index contributed by atoms with van der Waals surface area (Å²) in [5.41, 5.74) is 1.14. The van der Waals surface area contributed by atoms with Crippen LogP contribution in [-0.4, -0.2) is 64.3 Å². The number of hydrogen-bond donors (Lipinski definition) is 0. The van der Waals surface area contributed by atoms with Crippen molar-refractivity contribution in [3.05, 3.63) is 42.5 Å². The molecule has 4 heterocycles. The quantitative estimate of drug-likeness (QED) is 0.828. The molecular formula is C20H24N4O3. The number of carbonyl (C=O) groups excluding carboxylic acids is 1. The van der Waals surface area contributed by atoms with Crippen LogP contribution in [0, 0.1) is 0 Å². The average molecular weight is 368 g/mol. The molecule has 1 unspecified atom stereocenters. The molecule has 7 nitrogen and oxygen atoms in total. The van der Waals surface area contributed by atoms with E-state index in [0.29, 0.717) is 24.5 Å². The van der Waals surface area contributed by atoms with Gasteiger partial charge in [0.1, 0.15) is 0 Å². The molecule has 0 aliphatic carbocycles. The third-order valence-electron chi connectivity index (χ3n) is 5.61. The van der Waals surface area contributed by atoms with Gasteiger partial charge in [0.05, 0.1) is 17.3 Å². The van der Waals surface area contributed by atoms with Crippen LogP contribution in [0.15, 0.2) is 36.9 Å². The van der Waals surface area contributed by atoms with Crippen molar-refractivity contribution in [1.29, 1.82) is 0 Å². The Balaban J connectivity index is 1.42. The Bertz CT molecular complexity index is 774. The summed E-state index contributed by atoms with van der Waals surface area (Å²) in [7, 11) is 1.75. The Morgan fingerprint density at radius 2 is 1.93 bits per heavy atom. The fourth-order valence-electron chi connectivity index (χ4n) is 4.06. The number of aromatic nitrogens is 3. The first-order valence-electron chi connectivity index (χ1n) is 9.40. The molecule has 142 valence electrons. The number of hydrogen-bond acceptors (Lipinski definition) is 6. The van der Waals surface area contributed by atoms with E-state index in [-0.39, 0.29) is 17.6 Å². The third-order valence-corrected chi connectivity index (χ3v) is 5.61. The molecular weight excluding hydrogens is 344 g/mol. The topological polar surface area (TPSA) is 77.4 Å². The van der Waals surface area contributed by atoms with E-state index in [0.717, 1.165) is 37.9 Å². The molecule has 2 saturated heterocycles. The lowest BCUT2D eigenvalue weighted by atomic mass is 9.81. The lowest BCUT2D eigenvalue weighted by Crippen LogP contribution is -2.56. The normalized spacial score (nSPS) is 22.0. The van der Waals surface area contributed by atoms with E-state index in [1.54, 1.807) is 31.9 Å². The van der Waals surface area contributed by atoms with Crippen LogP contribution < -0.4 is 0 Å². The molecule has 4 rings (SSSR count). The Morgan fingerprint density at radius 3 is 2.59 bits per heavy atom. The number of likely N-dealkylation sites (tertiary alicyclic amines) is 1. The SMILES string of the molecule is COC1CCCOC12CCN(C(=O)c1cnc(-c3ccncc3)nc1)CC2. The maximum Gasteiger partial charge on any atom is 0.256 e. The summed E-state index contributed by atoms with van der Waals surface area (Å²) in [4.78, 5) is 27.4. The summed E-state index contributed by atoms with van der Waals surface area (Å²) in [6, 6.07) is 3.69. The highest BCUT2D eigenvalue weighted by Gasteiger charge is 2.45. The number of rotatable bonds is 3. The number of pyridine rings is 1. The van der Waals surface area contributed by atoms with Gasteiger partial charge in [-0.3, -0.25) is 9.78 Å². The minimum atomic E-state index is -0.245. The predicted molar refractivity (Wildman–Crippen MR) is 99.1 cm³/mol. The summed E-state index contributed by atoms with van der Waals surface area (Å²) < 4.78 is 11.8. The van der Waals surface area contributed by atoms with Gasteiger partial charge in [-0.15, -0.1) is 0 Å². The largest absolute Gasteiger partial charge is 0.378 e. The van der Waals surface area contributed by atoms with Crippen LogP contribution in [0.25, 0.3) is 11.4 Å². The summed E-state index contributed by atoms with van der Waals surface area (Å²) >= 11 is 0. The van der Waals surface area contributed by atoms with Crippen LogP contribution in [0.3, 0.4) is 0 Å². The van der Waals surface area contributed by atoms with E-state index in [1.807, 2.05) is 17.0 Å². The number of ether oxygens (including phenoxy) is 2. The molecule has 1 spiro atoms. The summed E-state index contributed by atoms with van der Waals surface area (Å²) in [5.74, 6) is 0.556. The van der Waals surface area contributed by atoms with Gasteiger partial charge in [0, 0.05) is 57.2 Å². The van der Waals surface area contributed by atoms with Gasteiger partial charge in [0.2, 0.25) is 0 Å². The summed E-state index contributed by atoms with van der Waals surface area (Å²) in [6.07, 6.45) is 10.4. The van der Waals surface area contributed by atoms with Crippen molar-refractivity contribution < 1.29 is 14.3 Å². The van der Waals surface area contributed by atoms with E-state index >= 15 is 0 Å². The monoisotopic (exact) mass is 368 g/mol. The second kappa shape index (κ2) is 7.70. The van der Waals surface area contributed by atoms with E-state index in [4.69, 9.17) is 9.47 Å². The Labute approximate surface area is 158 Å². The third kappa shape index (κ3) is 3.57. The molecule has 2 aliphatic rings. The summed E-state index contributed by atoms with van der Waals surface area (Å²) in [6.45, 7) is 2.09. The lowest BCUT2D eigenvalue weighted by molar-refractivity contribution is -0.183. The molecule has 0 N–H and O–H groups in total. The first kappa shape index (κ1) is 18.0. The predicted octanol–water partition coefficient (Wildman–Crippen LogP) is 2.34. The summed E-state index contributed by atoms with van der Waals surface area (Å²) in [5, 5.41) is 0. The van der Waals surface area contributed by atoms with E-state index in [9.17, 15) is 4.79 Å². The van der Waals surface area contributed by atoms with Gasteiger partial charge in [-0.1, -0.05) is 0 Å². The maximum absolute atomic E-state index is 12.8. The van der Waals surface area contributed by atoms with Gasteiger partial charge in [-0.05, 0) is 37.8 Å². The standard InChI is InChI=1S/C20H24N4O3/c1-26-17-3-2-12-27-20(17)6-10-24(11-7-20)19(25)16-13-22-18(23-14-16)15-4-8-21-9-5-15/h4-5,8-9,13-14,17H,2-3,6-7,10-12H2,1H3.